The molecule has 0 aliphatic heterocycles. The van der Waals surface area contributed by atoms with E-state index in [0.717, 1.165) is 5.32 Å². The number of benzene rings is 2. The van der Waals surface area contributed by atoms with Crippen LogP contribution in [0.5, 0.6) is 0 Å². The highest BCUT2D eigenvalue weighted by Gasteiger charge is 2.52. The molecule has 0 bridgehead atoms. The molecule has 0 aliphatic rings. The van der Waals surface area contributed by atoms with Crippen molar-refractivity contribution >= 4 is 46.7 Å². The topological polar surface area (TPSA) is 104 Å². The summed E-state index contributed by atoms with van der Waals surface area (Å²) >= 11 is 12.4. The van der Waals surface area contributed by atoms with E-state index >= 15 is 0 Å². The zero-order valence-corrected chi connectivity index (χ0v) is 27.1. The first-order valence-electron chi connectivity index (χ1n) is 14.2. The molecule has 14 heteroatoms. The zero-order chi connectivity index (χ0) is 35.5. The van der Waals surface area contributed by atoms with Gasteiger partial charge in [0.05, 0.1) is 6.04 Å². The van der Waals surface area contributed by atoms with Gasteiger partial charge in [-0.05, 0) is 47.7 Å². The lowest BCUT2D eigenvalue weighted by Crippen LogP contribution is -2.59. The third kappa shape index (κ3) is 11.9. The van der Waals surface area contributed by atoms with E-state index in [2.05, 4.69) is 17.2 Å². The molecule has 0 saturated heterocycles. The molecular weight excluding hydrogens is 668 g/mol. The minimum atomic E-state index is -5.01. The van der Waals surface area contributed by atoms with Crippen LogP contribution in [0.25, 0.3) is 0 Å². The molecule has 2 aromatic rings. The number of halogens is 7. The molecule has 0 aromatic heterocycles. The van der Waals surface area contributed by atoms with Gasteiger partial charge in [0.25, 0.3) is 5.91 Å². The third-order valence-electron chi connectivity index (χ3n) is 6.72. The van der Waals surface area contributed by atoms with E-state index in [9.17, 15) is 41.1 Å². The fourth-order valence-corrected chi connectivity index (χ4v) is 4.92. The quantitative estimate of drug-likeness (QED) is 0.109. The Kier molecular flexibility index (Phi) is 14.3. The van der Waals surface area contributed by atoms with Crippen LogP contribution >= 0.6 is 23.2 Å². The van der Waals surface area contributed by atoms with Gasteiger partial charge < -0.3 is 16.0 Å². The van der Waals surface area contributed by atoms with Crippen LogP contribution in [0.15, 0.2) is 85.0 Å². The fraction of sp³-hybridized carbons (Fsp3) is 0.333. The van der Waals surface area contributed by atoms with Crippen molar-refractivity contribution in [2.75, 3.05) is 6.54 Å². The van der Waals surface area contributed by atoms with Crippen LogP contribution in [0.2, 0.25) is 10.0 Å². The van der Waals surface area contributed by atoms with Gasteiger partial charge in [-0.1, -0.05) is 98.3 Å². The number of hydrogen-bond donors (Lipinski definition) is 3. The van der Waals surface area contributed by atoms with E-state index in [4.69, 9.17) is 23.2 Å². The van der Waals surface area contributed by atoms with Crippen molar-refractivity contribution in [3.05, 3.63) is 106 Å². The number of alkyl halides is 5. The van der Waals surface area contributed by atoms with E-state index in [1.165, 1.54) is 32.1 Å². The van der Waals surface area contributed by atoms with Crippen LogP contribution in [-0.4, -0.2) is 54.2 Å². The molecule has 0 heterocycles. The van der Waals surface area contributed by atoms with Crippen LogP contribution in [0.3, 0.4) is 0 Å². The fourth-order valence-electron chi connectivity index (χ4n) is 4.38. The minimum absolute atomic E-state index is 0.000599. The number of carbonyl (C=O) groups excluding carboxylic acids is 4. The van der Waals surface area contributed by atoms with Crippen LogP contribution in [0.1, 0.15) is 44.2 Å². The lowest BCUT2D eigenvalue weighted by molar-refractivity contribution is -0.165. The highest BCUT2D eigenvalue weighted by atomic mass is 35.5. The second-order valence-electron chi connectivity index (χ2n) is 10.8. The van der Waals surface area contributed by atoms with Crippen LogP contribution in [0, 0.1) is 5.92 Å². The SMILES string of the molecule is C=C(/C=C\C=C/C)[C@H](NC(=O)CC(c1ccccc1)c1cc(Cl)cc(Cl)c1)C(=O)N[C@H](C(=O)C(F)(F)C(=O)NCC(F)(F)F)C(C)C. The molecule has 1 unspecified atom stereocenters. The maximum atomic E-state index is 14.7. The second kappa shape index (κ2) is 17.2. The van der Waals surface area contributed by atoms with Crippen LogP contribution in [-0.2, 0) is 19.2 Å². The summed E-state index contributed by atoms with van der Waals surface area (Å²) in [4.78, 5) is 51.7. The van der Waals surface area contributed by atoms with E-state index in [1.54, 1.807) is 61.5 Å². The van der Waals surface area contributed by atoms with E-state index < -0.39 is 66.1 Å². The number of amides is 3. The second-order valence-corrected chi connectivity index (χ2v) is 11.7. The van der Waals surface area contributed by atoms with Crippen molar-refractivity contribution in [3.63, 3.8) is 0 Å². The van der Waals surface area contributed by atoms with Crippen molar-refractivity contribution in [1.29, 1.82) is 0 Å². The van der Waals surface area contributed by atoms with E-state index in [1.807, 2.05) is 0 Å². The molecule has 3 N–H and O–H groups in total. The largest absolute Gasteiger partial charge is 0.405 e. The first-order valence-corrected chi connectivity index (χ1v) is 15.0. The van der Waals surface area contributed by atoms with Gasteiger partial charge in [0, 0.05) is 22.4 Å². The molecule has 0 saturated carbocycles. The molecular formula is C33H34Cl2F5N3O4. The van der Waals surface area contributed by atoms with Gasteiger partial charge in [-0.25, -0.2) is 0 Å². The smallest absolute Gasteiger partial charge is 0.344 e. The number of carbonyl (C=O) groups is 4. The molecule has 3 amide bonds. The van der Waals surface area contributed by atoms with Crippen molar-refractivity contribution in [1.82, 2.24) is 16.0 Å². The Morgan fingerprint density at radius 2 is 1.49 bits per heavy atom. The highest BCUT2D eigenvalue weighted by Crippen LogP contribution is 2.32. The van der Waals surface area contributed by atoms with Gasteiger partial charge in [0.15, 0.2) is 0 Å². The Bertz CT molecular complexity index is 1490. The summed E-state index contributed by atoms with van der Waals surface area (Å²) in [7, 11) is 0. The monoisotopic (exact) mass is 701 g/mol. The summed E-state index contributed by atoms with van der Waals surface area (Å²) in [6, 6.07) is 10.0. The first-order chi connectivity index (χ1) is 21.9. The summed E-state index contributed by atoms with van der Waals surface area (Å²) in [5.74, 6) is -13.0. The lowest BCUT2D eigenvalue weighted by Gasteiger charge is -2.28. The maximum Gasteiger partial charge on any atom is 0.405 e. The molecule has 0 spiro atoms. The molecule has 0 aliphatic carbocycles. The summed E-state index contributed by atoms with van der Waals surface area (Å²) in [5, 5.41) is 6.28. The van der Waals surface area contributed by atoms with Gasteiger partial charge in [-0.3, -0.25) is 19.2 Å². The molecule has 7 nitrogen and oxygen atoms in total. The minimum Gasteiger partial charge on any atom is -0.344 e. The molecule has 0 radical (unpaired) electrons. The Morgan fingerprint density at radius 3 is 2.02 bits per heavy atom. The molecule has 2 rings (SSSR count). The van der Waals surface area contributed by atoms with Crippen molar-refractivity contribution in [2.45, 2.75) is 57.3 Å². The summed E-state index contributed by atoms with van der Waals surface area (Å²) in [5.41, 5.74) is 1.30. The van der Waals surface area contributed by atoms with Crippen molar-refractivity contribution < 1.29 is 41.1 Å². The number of Topliss-reactive ketones (excluding diaryl/α,β-unsaturated/α-hetero) is 1. The predicted octanol–water partition coefficient (Wildman–Crippen LogP) is 6.71. The summed E-state index contributed by atoms with van der Waals surface area (Å²) in [6.45, 7) is 5.99. The van der Waals surface area contributed by atoms with Gasteiger partial charge in [-0.2, -0.15) is 22.0 Å². The molecule has 254 valence electrons. The summed E-state index contributed by atoms with van der Waals surface area (Å²) in [6.07, 6.45) is 0.890. The Hall–Kier alpha value is -4.03. The average molecular weight is 703 g/mol. The molecule has 0 fully saturated rings. The number of nitrogens with one attached hydrogen (secondary N) is 3. The highest BCUT2D eigenvalue weighted by molar-refractivity contribution is 6.34. The Morgan fingerprint density at radius 1 is 0.894 bits per heavy atom. The molecule has 47 heavy (non-hydrogen) atoms. The van der Waals surface area contributed by atoms with E-state index in [0.29, 0.717) is 21.2 Å². The lowest BCUT2D eigenvalue weighted by atomic mass is 9.88. The Labute approximate surface area is 279 Å². The number of rotatable bonds is 15. The van der Waals surface area contributed by atoms with Crippen LogP contribution in [0.4, 0.5) is 22.0 Å². The Balaban J connectivity index is 2.40. The van der Waals surface area contributed by atoms with Crippen molar-refractivity contribution in [2.24, 2.45) is 5.92 Å². The standard InChI is InChI=1S/C33H34Cl2F5N3O4/c1-5-6-8-11-20(4)28(30(46)43-27(19(2)3)29(45)33(39,40)31(47)41-18-32(36,37)38)42-26(44)17-25(21-12-9-7-10-13-21)22-14-23(34)16-24(35)15-22/h5-16,19,25,27-28H,4,17-18H2,1-3H3,(H,41,47)(H,42,44)(H,43,46)/b6-5-,11-8-/t25?,27-,28-/m0/s1. The van der Waals surface area contributed by atoms with E-state index in [-0.39, 0.29) is 12.0 Å². The van der Waals surface area contributed by atoms with Gasteiger partial charge in [0.2, 0.25) is 17.6 Å². The zero-order valence-electron chi connectivity index (χ0n) is 25.6. The number of allylic oxidation sites excluding steroid dienone is 3. The number of ketones is 1. The molecule has 2 aromatic carbocycles. The van der Waals surface area contributed by atoms with Gasteiger partial charge in [0.1, 0.15) is 12.6 Å². The average Bonchev–Trinajstić information content (AvgIpc) is 2.99. The van der Waals surface area contributed by atoms with Crippen LogP contribution < -0.4 is 16.0 Å². The summed E-state index contributed by atoms with van der Waals surface area (Å²) < 4.78 is 66.9. The third-order valence-corrected chi connectivity index (χ3v) is 7.16. The molecule has 3 atom stereocenters. The van der Waals surface area contributed by atoms with Crippen molar-refractivity contribution in [3.8, 4) is 0 Å². The number of hydrogen-bond acceptors (Lipinski definition) is 4. The van der Waals surface area contributed by atoms with Gasteiger partial charge in [-0.15, -0.1) is 0 Å². The predicted molar refractivity (Wildman–Crippen MR) is 170 cm³/mol. The maximum absolute atomic E-state index is 14.7. The first kappa shape index (κ1) is 39.1. The normalized spacial score (nSPS) is 14.1. The van der Waals surface area contributed by atoms with Gasteiger partial charge >= 0.3 is 12.1 Å².